The van der Waals surface area contributed by atoms with Gasteiger partial charge < -0.3 is 39.4 Å². The Balaban J connectivity index is 1.29. The fourth-order valence-electron chi connectivity index (χ4n) is 5.39. The molecule has 1 amide bonds. The molecule has 39 heavy (non-hydrogen) atoms. The van der Waals surface area contributed by atoms with Crippen LogP contribution in [0.5, 0.6) is 0 Å². The van der Waals surface area contributed by atoms with E-state index in [0.29, 0.717) is 25.3 Å². The lowest BCUT2D eigenvalue weighted by atomic mass is 9.98. The summed E-state index contributed by atoms with van der Waals surface area (Å²) in [6.07, 6.45) is 1.04. The highest BCUT2D eigenvalue weighted by Gasteiger charge is 2.41. The largest absolute Gasteiger partial charge is 0.481 e. The number of hydrogen-bond acceptors (Lipinski definition) is 8. The van der Waals surface area contributed by atoms with Gasteiger partial charge in [-0.1, -0.05) is 36.4 Å². The average Bonchev–Trinajstić information content (AvgIpc) is 3.41. The Bertz CT molecular complexity index is 1120. The summed E-state index contributed by atoms with van der Waals surface area (Å²) in [5.74, 6) is -1.81. The molecule has 3 aliphatic rings. The zero-order valence-corrected chi connectivity index (χ0v) is 21.9. The Morgan fingerprint density at radius 2 is 1.72 bits per heavy atom. The number of hydrogen-bond donors (Lipinski definition) is 3. The van der Waals surface area contributed by atoms with E-state index in [4.69, 9.17) is 24.1 Å². The summed E-state index contributed by atoms with van der Waals surface area (Å²) in [6, 6.07) is 15.0. The summed E-state index contributed by atoms with van der Waals surface area (Å²) >= 11 is 0. The molecule has 3 fully saturated rings. The van der Waals surface area contributed by atoms with Gasteiger partial charge in [0.1, 0.15) is 0 Å². The van der Waals surface area contributed by atoms with Crippen LogP contribution >= 0.6 is 0 Å². The van der Waals surface area contributed by atoms with Gasteiger partial charge in [0.2, 0.25) is 5.91 Å². The number of aliphatic carboxylic acids is 1. The van der Waals surface area contributed by atoms with Gasteiger partial charge in [0.15, 0.2) is 12.1 Å². The minimum absolute atomic E-state index is 0.0188. The molecule has 0 saturated carbocycles. The molecule has 5 rings (SSSR count). The summed E-state index contributed by atoms with van der Waals surface area (Å²) in [5.41, 5.74) is 3.16. The van der Waals surface area contributed by atoms with Crippen molar-refractivity contribution in [3.63, 3.8) is 0 Å². The van der Waals surface area contributed by atoms with Crippen molar-refractivity contribution in [1.29, 1.82) is 0 Å². The summed E-state index contributed by atoms with van der Waals surface area (Å²) in [5, 5.41) is 21.1. The second kappa shape index (κ2) is 12.5. The molecule has 0 unspecified atom stereocenters. The summed E-state index contributed by atoms with van der Waals surface area (Å²) in [7, 11) is 0. The van der Waals surface area contributed by atoms with Crippen LogP contribution in [0.15, 0.2) is 48.5 Å². The van der Waals surface area contributed by atoms with Gasteiger partial charge in [-0.05, 0) is 23.3 Å². The lowest BCUT2D eigenvalue weighted by Gasteiger charge is -2.41. The van der Waals surface area contributed by atoms with E-state index in [0.717, 1.165) is 49.2 Å². The standard InChI is InChI=1S/C29H36N2O8/c32-19-20-4-6-21(7-5-20)25-17-24(18-31-12-10-29(11-13-31)36-14-15-37-29)38-28(39-25)22-2-1-3-23(16-22)30-26(33)8-9-27(34)35/h1-7,16,24-25,28,32H,8-15,17-19H2,(H,30,33)(H,34,35)/t24-,25+,28+/m1/s1. The van der Waals surface area contributed by atoms with Gasteiger partial charge in [0.25, 0.3) is 0 Å². The first kappa shape index (κ1) is 27.7. The number of likely N-dealkylation sites (tertiary alicyclic amines) is 1. The van der Waals surface area contributed by atoms with Crippen molar-refractivity contribution in [2.75, 3.05) is 38.2 Å². The molecule has 10 nitrogen and oxygen atoms in total. The third kappa shape index (κ3) is 7.21. The molecular formula is C29H36N2O8. The van der Waals surface area contributed by atoms with Crippen LogP contribution < -0.4 is 5.32 Å². The number of carbonyl (C=O) groups is 2. The van der Waals surface area contributed by atoms with Gasteiger partial charge in [-0.3, -0.25) is 9.59 Å². The van der Waals surface area contributed by atoms with Crippen molar-refractivity contribution in [2.24, 2.45) is 0 Å². The number of piperidine rings is 1. The van der Waals surface area contributed by atoms with E-state index < -0.39 is 18.0 Å². The molecule has 3 atom stereocenters. The maximum absolute atomic E-state index is 12.2. The molecule has 10 heteroatoms. The highest BCUT2D eigenvalue weighted by Crippen LogP contribution is 2.39. The molecule has 2 aromatic rings. The van der Waals surface area contributed by atoms with Gasteiger partial charge >= 0.3 is 5.97 Å². The van der Waals surface area contributed by atoms with Crippen LogP contribution in [0.2, 0.25) is 0 Å². The van der Waals surface area contributed by atoms with Crippen molar-refractivity contribution in [3.05, 3.63) is 65.2 Å². The van der Waals surface area contributed by atoms with E-state index in [1.807, 2.05) is 36.4 Å². The van der Waals surface area contributed by atoms with Crippen LogP contribution in [0.4, 0.5) is 5.69 Å². The molecule has 3 N–H and O–H groups in total. The Morgan fingerprint density at radius 1 is 0.974 bits per heavy atom. The third-order valence-electron chi connectivity index (χ3n) is 7.52. The number of carbonyl (C=O) groups excluding carboxylic acids is 1. The van der Waals surface area contributed by atoms with Gasteiger partial charge in [-0.2, -0.15) is 0 Å². The lowest BCUT2D eigenvalue weighted by Crippen LogP contribution is -2.48. The number of rotatable bonds is 9. The van der Waals surface area contributed by atoms with Crippen molar-refractivity contribution in [2.45, 2.75) is 63.0 Å². The normalized spacial score (nSPS) is 25.0. The molecule has 2 aromatic carbocycles. The minimum Gasteiger partial charge on any atom is -0.481 e. The van der Waals surface area contributed by atoms with Crippen molar-refractivity contribution in [3.8, 4) is 0 Å². The summed E-state index contributed by atoms with van der Waals surface area (Å²) in [4.78, 5) is 25.4. The molecule has 0 aromatic heterocycles. The number of nitrogens with zero attached hydrogens (tertiary/aromatic N) is 1. The minimum atomic E-state index is -1.01. The number of carboxylic acid groups (broad SMARTS) is 1. The number of ether oxygens (including phenoxy) is 4. The molecule has 0 radical (unpaired) electrons. The van der Waals surface area contributed by atoms with Gasteiger partial charge in [-0.25, -0.2) is 0 Å². The van der Waals surface area contributed by atoms with E-state index in [2.05, 4.69) is 10.2 Å². The number of carboxylic acids is 1. The average molecular weight is 541 g/mol. The molecule has 1 spiro atoms. The quantitative estimate of drug-likeness (QED) is 0.439. The number of amides is 1. The first-order valence-corrected chi connectivity index (χ1v) is 13.5. The van der Waals surface area contributed by atoms with E-state index >= 15 is 0 Å². The van der Waals surface area contributed by atoms with Crippen LogP contribution in [0, 0.1) is 0 Å². The van der Waals surface area contributed by atoms with E-state index in [9.17, 15) is 14.7 Å². The number of benzene rings is 2. The first-order chi connectivity index (χ1) is 18.9. The number of aliphatic hydroxyl groups is 1. The van der Waals surface area contributed by atoms with Crippen LogP contribution in [-0.2, 0) is 35.1 Å². The summed E-state index contributed by atoms with van der Waals surface area (Å²) in [6.45, 7) is 3.75. The zero-order chi connectivity index (χ0) is 27.2. The van der Waals surface area contributed by atoms with Gasteiger partial charge in [0.05, 0.1) is 38.4 Å². The van der Waals surface area contributed by atoms with Crippen molar-refractivity contribution >= 4 is 17.6 Å². The highest BCUT2D eigenvalue weighted by molar-refractivity contribution is 5.92. The zero-order valence-electron chi connectivity index (χ0n) is 21.9. The molecule has 3 saturated heterocycles. The predicted molar refractivity (Wildman–Crippen MR) is 141 cm³/mol. The van der Waals surface area contributed by atoms with E-state index in [1.165, 1.54) is 0 Å². The van der Waals surface area contributed by atoms with E-state index in [-0.39, 0.29) is 37.6 Å². The van der Waals surface area contributed by atoms with E-state index in [1.54, 1.807) is 12.1 Å². The fourth-order valence-corrected chi connectivity index (χ4v) is 5.39. The third-order valence-corrected chi connectivity index (χ3v) is 7.52. The lowest BCUT2D eigenvalue weighted by molar-refractivity contribution is -0.255. The van der Waals surface area contributed by atoms with Crippen LogP contribution in [0.1, 0.15) is 61.2 Å². The topological polar surface area (TPSA) is 127 Å². The highest BCUT2D eigenvalue weighted by atomic mass is 16.7. The second-order valence-corrected chi connectivity index (χ2v) is 10.3. The Labute approximate surface area is 227 Å². The van der Waals surface area contributed by atoms with Crippen LogP contribution in [-0.4, -0.2) is 71.7 Å². The van der Waals surface area contributed by atoms with Crippen molar-refractivity contribution < 1.29 is 38.7 Å². The predicted octanol–water partition coefficient (Wildman–Crippen LogP) is 3.37. The monoisotopic (exact) mass is 540 g/mol. The Kier molecular flexibility index (Phi) is 8.91. The van der Waals surface area contributed by atoms with Crippen LogP contribution in [0.25, 0.3) is 0 Å². The fraction of sp³-hybridized carbons (Fsp3) is 0.517. The van der Waals surface area contributed by atoms with Gasteiger partial charge in [0, 0.05) is 56.6 Å². The van der Waals surface area contributed by atoms with Gasteiger partial charge in [-0.15, -0.1) is 0 Å². The van der Waals surface area contributed by atoms with Crippen molar-refractivity contribution in [1.82, 2.24) is 4.90 Å². The smallest absolute Gasteiger partial charge is 0.303 e. The Morgan fingerprint density at radius 3 is 2.41 bits per heavy atom. The molecule has 3 heterocycles. The Hall–Kier alpha value is -2.86. The number of anilines is 1. The molecule has 0 aliphatic carbocycles. The number of nitrogens with one attached hydrogen (secondary N) is 1. The number of aliphatic hydroxyl groups excluding tert-OH is 1. The van der Waals surface area contributed by atoms with Crippen LogP contribution in [0.3, 0.4) is 0 Å². The first-order valence-electron chi connectivity index (χ1n) is 13.5. The summed E-state index contributed by atoms with van der Waals surface area (Å²) < 4.78 is 24.7. The second-order valence-electron chi connectivity index (χ2n) is 10.3. The maximum atomic E-state index is 12.2. The molecular weight excluding hydrogens is 504 g/mol. The molecule has 210 valence electrons. The maximum Gasteiger partial charge on any atom is 0.303 e. The SMILES string of the molecule is O=C(O)CCC(=O)Nc1cccc([C@H]2O[C@@H](CN3CCC4(CC3)OCCO4)C[C@@H](c3ccc(CO)cc3)O2)c1. The molecule has 0 bridgehead atoms. The molecule has 3 aliphatic heterocycles.